The van der Waals surface area contributed by atoms with Crippen LogP contribution in [0.25, 0.3) is 0 Å². The van der Waals surface area contributed by atoms with Gasteiger partial charge in [0.05, 0.1) is 5.69 Å². The molecule has 0 fully saturated rings. The number of unbranched alkanes of at least 4 members (excludes halogenated alkanes) is 1. The summed E-state index contributed by atoms with van der Waals surface area (Å²) in [5, 5.41) is 3.54. The van der Waals surface area contributed by atoms with Crippen molar-refractivity contribution < 1.29 is 0 Å². The SMILES string of the molecule is CCCNC(C)CCCCN(C)Cc1ccccn1. The predicted octanol–water partition coefficient (Wildman–Crippen LogP) is 3.07. The summed E-state index contributed by atoms with van der Waals surface area (Å²) in [4.78, 5) is 6.71. The van der Waals surface area contributed by atoms with Crippen LogP contribution in [0.3, 0.4) is 0 Å². The first-order valence-electron chi connectivity index (χ1n) is 7.54. The summed E-state index contributed by atoms with van der Waals surface area (Å²) < 4.78 is 0. The van der Waals surface area contributed by atoms with Crippen molar-refractivity contribution in [3.8, 4) is 0 Å². The van der Waals surface area contributed by atoms with Gasteiger partial charge in [0.1, 0.15) is 0 Å². The Labute approximate surface area is 118 Å². The van der Waals surface area contributed by atoms with Crippen molar-refractivity contribution in [2.24, 2.45) is 0 Å². The molecule has 1 heterocycles. The van der Waals surface area contributed by atoms with E-state index in [2.05, 4.69) is 48.2 Å². The maximum Gasteiger partial charge on any atom is 0.0543 e. The highest BCUT2D eigenvalue weighted by atomic mass is 15.1. The molecule has 0 bridgehead atoms. The minimum absolute atomic E-state index is 0.654. The molecule has 0 aliphatic carbocycles. The first-order valence-corrected chi connectivity index (χ1v) is 7.54. The van der Waals surface area contributed by atoms with E-state index in [0.29, 0.717) is 6.04 Å². The number of nitrogens with one attached hydrogen (secondary N) is 1. The Bertz CT molecular complexity index is 313. The Kier molecular flexibility index (Phi) is 8.43. The second-order valence-electron chi connectivity index (χ2n) is 5.41. The van der Waals surface area contributed by atoms with Crippen molar-refractivity contribution in [2.75, 3.05) is 20.1 Å². The molecule has 0 saturated heterocycles. The molecule has 0 aromatic carbocycles. The summed E-state index contributed by atoms with van der Waals surface area (Å²) in [5.41, 5.74) is 1.16. The maximum absolute atomic E-state index is 4.36. The number of hydrogen-bond acceptors (Lipinski definition) is 3. The monoisotopic (exact) mass is 263 g/mol. The van der Waals surface area contributed by atoms with Crippen LogP contribution in [0.2, 0.25) is 0 Å². The molecular formula is C16H29N3. The molecule has 0 aliphatic rings. The standard InChI is InChI=1S/C16H29N3/c1-4-11-17-15(2)9-6-8-13-19(3)14-16-10-5-7-12-18-16/h5,7,10,12,15,17H,4,6,8-9,11,13-14H2,1-3H3. The molecule has 1 N–H and O–H groups in total. The second kappa shape index (κ2) is 9.93. The lowest BCUT2D eigenvalue weighted by Crippen LogP contribution is -2.27. The van der Waals surface area contributed by atoms with E-state index in [9.17, 15) is 0 Å². The fraction of sp³-hybridized carbons (Fsp3) is 0.688. The molecular weight excluding hydrogens is 234 g/mol. The molecule has 3 heteroatoms. The van der Waals surface area contributed by atoms with Crippen molar-refractivity contribution in [2.45, 2.75) is 52.1 Å². The molecule has 0 saturated carbocycles. The minimum atomic E-state index is 0.654. The van der Waals surface area contributed by atoms with E-state index < -0.39 is 0 Å². The molecule has 0 amide bonds. The van der Waals surface area contributed by atoms with Gasteiger partial charge >= 0.3 is 0 Å². The van der Waals surface area contributed by atoms with E-state index >= 15 is 0 Å². The molecule has 108 valence electrons. The molecule has 19 heavy (non-hydrogen) atoms. The minimum Gasteiger partial charge on any atom is -0.314 e. The van der Waals surface area contributed by atoms with Gasteiger partial charge in [-0.15, -0.1) is 0 Å². The zero-order valence-corrected chi connectivity index (χ0v) is 12.7. The lowest BCUT2D eigenvalue weighted by Gasteiger charge is -2.17. The van der Waals surface area contributed by atoms with Crippen molar-refractivity contribution in [1.82, 2.24) is 15.2 Å². The fourth-order valence-electron chi connectivity index (χ4n) is 2.17. The van der Waals surface area contributed by atoms with E-state index in [1.54, 1.807) is 0 Å². The van der Waals surface area contributed by atoms with Gasteiger partial charge in [0.15, 0.2) is 0 Å². The molecule has 0 aliphatic heterocycles. The molecule has 1 atom stereocenters. The van der Waals surface area contributed by atoms with Gasteiger partial charge in [-0.1, -0.05) is 19.4 Å². The molecule has 0 spiro atoms. The Morgan fingerprint density at radius 3 is 2.84 bits per heavy atom. The van der Waals surface area contributed by atoms with Crippen LogP contribution >= 0.6 is 0 Å². The average Bonchev–Trinajstić information content (AvgIpc) is 2.42. The van der Waals surface area contributed by atoms with Crippen LogP contribution in [0.5, 0.6) is 0 Å². The van der Waals surface area contributed by atoms with Crippen LogP contribution in [0.15, 0.2) is 24.4 Å². The molecule has 0 radical (unpaired) electrons. The number of nitrogens with zero attached hydrogens (tertiary/aromatic N) is 2. The first-order chi connectivity index (χ1) is 9.22. The van der Waals surface area contributed by atoms with Gasteiger partial charge in [-0.3, -0.25) is 4.98 Å². The van der Waals surface area contributed by atoms with Crippen molar-refractivity contribution in [3.05, 3.63) is 30.1 Å². The van der Waals surface area contributed by atoms with Gasteiger partial charge in [0.25, 0.3) is 0 Å². The average molecular weight is 263 g/mol. The highest BCUT2D eigenvalue weighted by Gasteiger charge is 2.03. The summed E-state index contributed by atoms with van der Waals surface area (Å²) in [6, 6.07) is 6.76. The number of aromatic nitrogens is 1. The van der Waals surface area contributed by atoms with Crippen LogP contribution in [-0.4, -0.2) is 36.1 Å². The Morgan fingerprint density at radius 2 is 2.16 bits per heavy atom. The van der Waals surface area contributed by atoms with Crippen LogP contribution in [-0.2, 0) is 6.54 Å². The lowest BCUT2D eigenvalue weighted by atomic mass is 10.1. The molecule has 1 rings (SSSR count). The second-order valence-corrected chi connectivity index (χ2v) is 5.41. The van der Waals surface area contributed by atoms with Crippen LogP contribution < -0.4 is 5.32 Å². The Morgan fingerprint density at radius 1 is 1.32 bits per heavy atom. The van der Waals surface area contributed by atoms with Gasteiger partial charge in [-0.2, -0.15) is 0 Å². The lowest BCUT2D eigenvalue weighted by molar-refractivity contribution is 0.310. The third-order valence-electron chi connectivity index (χ3n) is 3.33. The normalized spacial score (nSPS) is 12.8. The van der Waals surface area contributed by atoms with E-state index in [-0.39, 0.29) is 0 Å². The maximum atomic E-state index is 4.36. The van der Waals surface area contributed by atoms with Gasteiger partial charge in [-0.25, -0.2) is 0 Å². The summed E-state index contributed by atoms with van der Waals surface area (Å²) in [5.74, 6) is 0. The number of pyridine rings is 1. The smallest absolute Gasteiger partial charge is 0.0543 e. The van der Waals surface area contributed by atoms with Crippen LogP contribution in [0, 0.1) is 0 Å². The van der Waals surface area contributed by atoms with E-state index in [1.165, 1.54) is 25.7 Å². The highest BCUT2D eigenvalue weighted by molar-refractivity contribution is 5.02. The van der Waals surface area contributed by atoms with Gasteiger partial charge in [0, 0.05) is 18.8 Å². The van der Waals surface area contributed by atoms with Crippen molar-refractivity contribution in [1.29, 1.82) is 0 Å². The summed E-state index contributed by atoms with van der Waals surface area (Å²) in [6.45, 7) is 7.74. The molecule has 1 aromatic rings. The quantitative estimate of drug-likeness (QED) is 0.658. The van der Waals surface area contributed by atoms with Gasteiger partial charge in [0.2, 0.25) is 0 Å². The zero-order chi connectivity index (χ0) is 13.9. The summed E-state index contributed by atoms with van der Waals surface area (Å²) in [6.07, 6.45) is 6.92. The summed E-state index contributed by atoms with van der Waals surface area (Å²) in [7, 11) is 2.17. The Hall–Kier alpha value is -0.930. The third-order valence-corrected chi connectivity index (χ3v) is 3.33. The van der Waals surface area contributed by atoms with Crippen LogP contribution in [0.1, 0.15) is 45.2 Å². The van der Waals surface area contributed by atoms with Gasteiger partial charge < -0.3 is 10.2 Å². The van der Waals surface area contributed by atoms with E-state index in [0.717, 1.165) is 25.3 Å². The topological polar surface area (TPSA) is 28.2 Å². The third kappa shape index (κ3) is 7.96. The molecule has 3 nitrogen and oxygen atoms in total. The largest absolute Gasteiger partial charge is 0.314 e. The predicted molar refractivity (Wildman–Crippen MR) is 82.2 cm³/mol. The highest BCUT2D eigenvalue weighted by Crippen LogP contribution is 2.04. The van der Waals surface area contributed by atoms with Gasteiger partial charge in [-0.05, 0) is 58.5 Å². The van der Waals surface area contributed by atoms with Crippen molar-refractivity contribution in [3.63, 3.8) is 0 Å². The van der Waals surface area contributed by atoms with E-state index in [4.69, 9.17) is 0 Å². The first kappa shape index (κ1) is 16.1. The fourth-order valence-corrected chi connectivity index (χ4v) is 2.17. The molecule has 1 aromatic heterocycles. The number of rotatable bonds is 10. The Balaban J connectivity index is 2.06. The number of hydrogen-bond donors (Lipinski definition) is 1. The zero-order valence-electron chi connectivity index (χ0n) is 12.7. The van der Waals surface area contributed by atoms with Crippen molar-refractivity contribution >= 4 is 0 Å². The molecule has 1 unspecified atom stereocenters. The summed E-state index contributed by atoms with van der Waals surface area (Å²) >= 11 is 0. The van der Waals surface area contributed by atoms with Crippen LogP contribution in [0.4, 0.5) is 0 Å². The van der Waals surface area contributed by atoms with E-state index in [1.807, 2.05) is 12.3 Å².